The molecule has 1 aliphatic carbocycles. The van der Waals surface area contributed by atoms with E-state index in [1.54, 1.807) is 4.52 Å². The van der Waals surface area contributed by atoms with Crippen LogP contribution >= 0.6 is 0 Å². The van der Waals surface area contributed by atoms with Crippen LogP contribution in [0.3, 0.4) is 0 Å². The van der Waals surface area contributed by atoms with Gasteiger partial charge in [0.2, 0.25) is 5.91 Å². The number of aromatic nitrogens is 3. The lowest BCUT2D eigenvalue weighted by molar-refractivity contribution is -0.117. The van der Waals surface area contributed by atoms with Crippen molar-refractivity contribution in [1.29, 1.82) is 0 Å². The Kier molecular flexibility index (Phi) is 4.94. The van der Waals surface area contributed by atoms with Gasteiger partial charge in [-0.1, -0.05) is 0 Å². The molecule has 1 amide bonds. The summed E-state index contributed by atoms with van der Waals surface area (Å²) in [5, 5.41) is 14.8. The molecule has 31 heavy (non-hydrogen) atoms. The molecule has 9 heteroatoms. The molecular weight excluding hydrogens is 398 g/mol. The van der Waals surface area contributed by atoms with Gasteiger partial charge in [-0.05, 0) is 56.5 Å². The van der Waals surface area contributed by atoms with Gasteiger partial charge in [-0.15, -0.1) is 0 Å². The second kappa shape index (κ2) is 7.65. The highest BCUT2D eigenvalue weighted by atomic mass is 16.6. The topological polar surface area (TPSA) is 103 Å². The number of morpholine rings is 1. The highest BCUT2D eigenvalue weighted by Crippen LogP contribution is 2.34. The minimum absolute atomic E-state index is 0.0387. The molecule has 3 aromatic heterocycles. The van der Waals surface area contributed by atoms with Crippen molar-refractivity contribution in [3.63, 3.8) is 0 Å². The van der Waals surface area contributed by atoms with E-state index in [-0.39, 0.29) is 23.5 Å². The Balaban J connectivity index is 1.34. The minimum Gasteiger partial charge on any atom is -0.472 e. The maximum Gasteiger partial charge on any atom is 0.262 e. The molecule has 2 aliphatic rings. The van der Waals surface area contributed by atoms with Crippen molar-refractivity contribution in [2.75, 3.05) is 25.0 Å². The van der Waals surface area contributed by atoms with Gasteiger partial charge in [0.05, 0.1) is 16.7 Å². The van der Waals surface area contributed by atoms with Gasteiger partial charge < -0.3 is 24.6 Å². The van der Waals surface area contributed by atoms with Crippen LogP contribution in [0.2, 0.25) is 0 Å². The standard InChI is InChI=1S/C22H27N5O4/c1-13-19(21(26-31-13)29-11-17-10-23-12-22(2,3)30-17)15-6-7-27-16(8-15)9-18(25-27)24-20(28)14-4-5-14/h6-9,14,17,23H,4-5,10-12H2,1-3H3,(H,24,25,28)/t17-/m1/s1. The number of fused-ring (bicyclic) bond motifs is 1. The number of pyridine rings is 1. The Morgan fingerprint density at radius 2 is 2.23 bits per heavy atom. The van der Waals surface area contributed by atoms with Gasteiger partial charge in [0.25, 0.3) is 5.88 Å². The van der Waals surface area contributed by atoms with Crippen LogP contribution in [-0.4, -0.2) is 52.1 Å². The van der Waals surface area contributed by atoms with Crippen LogP contribution in [0.4, 0.5) is 5.82 Å². The zero-order chi connectivity index (χ0) is 21.6. The number of hydrogen-bond acceptors (Lipinski definition) is 7. The zero-order valence-electron chi connectivity index (χ0n) is 18.0. The molecule has 0 bridgehead atoms. The summed E-state index contributed by atoms with van der Waals surface area (Å²) in [6.07, 6.45) is 3.70. The summed E-state index contributed by atoms with van der Waals surface area (Å²) < 4.78 is 19.2. The van der Waals surface area contributed by atoms with Crippen LogP contribution in [0.25, 0.3) is 16.6 Å². The number of amides is 1. The minimum atomic E-state index is -0.228. The Morgan fingerprint density at radius 1 is 1.39 bits per heavy atom. The van der Waals surface area contributed by atoms with E-state index in [1.807, 2.05) is 31.3 Å². The van der Waals surface area contributed by atoms with Crippen molar-refractivity contribution in [3.8, 4) is 17.0 Å². The summed E-state index contributed by atoms with van der Waals surface area (Å²) in [5.41, 5.74) is 2.34. The zero-order valence-corrected chi connectivity index (χ0v) is 18.0. The Morgan fingerprint density at radius 3 is 3.00 bits per heavy atom. The molecule has 1 saturated heterocycles. The third-order valence-electron chi connectivity index (χ3n) is 5.60. The van der Waals surface area contributed by atoms with Crippen LogP contribution < -0.4 is 15.4 Å². The normalized spacial score (nSPS) is 20.7. The number of nitrogens with zero attached hydrogens (tertiary/aromatic N) is 3. The number of ether oxygens (including phenoxy) is 2. The van der Waals surface area contributed by atoms with E-state index in [1.165, 1.54) is 0 Å². The van der Waals surface area contributed by atoms with E-state index < -0.39 is 0 Å². The molecule has 0 aromatic carbocycles. The van der Waals surface area contributed by atoms with Gasteiger partial charge in [-0.3, -0.25) is 4.79 Å². The summed E-state index contributed by atoms with van der Waals surface area (Å²) in [6.45, 7) is 7.89. The highest BCUT2D eigenvalue weighted by molar-refractivity contribution is 5.93. The van der Waals surface area contributed by atoms with Crippen molar-refractivity contribution in [3.05, 3.63) is 30.2 Å². The number of nitrogens with one attached hydrogen (secondary N) is 2. The molecule has 5 rings (SSSR count). The van der Waals surface area contributed by atoms with Gasteiger partial charge >= 0.3 is 0 Å². The summed E-state index contributed by atoms with van der Waals surface area (Å²) in [6, 6.07) is 5.77. The van der Waals surface area contributed by atoms with Crippen LogP contribution in [-0.2, 0) is 9.53 Å². The maximum atomic E-state index is 12.0. The summed E-state index contributed by atoms with van der Waals surface area (Å²) >= 11 is 0. The molecule has 1 aliphatic heterocycles. The molecule has 4 heterocycles. The lowest BCUT2D eigenvalue weighted by Crippen LogP contribution is -2.52. The van der Waals surface area contributed by atoms with E-state index in [0.29, 0.717) is 24.1 Å². The fourth-order valence-electron chi connectivity index (χ4n) is 3.90. The average Bonchev–Trinajstić information content (AvgIpc) is 3.40. The number of anilines is 1. The van der Waals surface area contributed by atoms with Gasteiger partial charge in [-0.25, -0.2) is 4.52 Å². The molecule has 2 fully saturated rings. The molecule has 9 nitrogen and oxygen atoms in total. The monoisotopic (exact) mass is 425 g/mol. The summed E-state index contributed by atoms with van der Waals surface area (Å²) in [4.78, 5) is 12.0. The number of hydrogen-bond donors (Lipinski definition) is 2. The third kappa shape index (κ3) is 4.28. The molecule has 3 aromatic rings. The van der Waals surface area contributed by atoms with Crippen LogP contribution in [0.1, 0.15) is 32.4 Å². The molecule has 0 unspecified atom stereocenters. The first-order valence-corrected chi connectivity index (χ1v) is 10.7. The maximum absolute atomic E-state index is 12.0. The molecule has 2 N–H and O–H groups in total. The van der Waals surface area contributed by atoms with E-state index >= 15 is 0 Å². The lowest BCUT2D eigenvalue weighted by Gasteiger charge is -2.36. The van der Waals surface area contributed by atoms with Crippen molar-refractivity contribution < 1.29 is 18.8 Å². The van der Waals surface area contributed by atoms with E-state index in [9.17, 15) is 4.79 Å². The molecule has 1 saturated carbocycles. The van der Waals surface area contributed by atoms with Crippen molar-refractivity contribution in [1.82, 2.24) is 20.1 Å². The molecular formula is C22H27N5O4. The summed E-state index contributed by atoms with van der Waals surface area (Å²) in [7, 11) is 0. The number of rotatable bonds is 6. The highest BCUT2D eigenvalue weighted by Gasteiger charge is 2.30. The average molecular weight is 425 g/mol. The van der Waals surface area contributed by atoms with Crippen LogP contribution in [0.5, 0.6) is 5.88 Å². The fourth-order valence-corrected chi connectivity index (χ4v) is 3.90. The number of aryl methyl sites for hydroxylation is 1. The lowest BCUT2D eigenvalue weighted by atomic mass is 10.1. The first-order chi connectivity index (χ1) is 14.9. The SMILES string of the molecule is Cc1onc(OC[C@H]2CNCC(C)(C)O2)c1-c1ccn2nc(NC(=O)C3CC3)cc2c1. The summed E-state index contributed by atoms with van der Waals surface area (Å²) in [5.74, 6) is 1.84. The second-order valence-electron chi connectivity index (χ2n) is 8.94. The largest absolute Gasteiger partial charge is 0.472 e. The van der Waals surface area contributed by atoms with E-state index in [2.05, 4.69) is 34.7 Å². The van der Waals surface area contributed by atoms with Crippen LogP contribution in [0, 0.1) is 12.8 Å². The van der Waals surface area contributed by atoms with E-state index in [4.69, 9.17) is 14.0 Å². The van der Waals surface area contributed by atoms with Crippen molar-refractivity contribution in [2.24, 2.45) is 5.92 Å². The quantitative estimate of drug-likeness (QED) is 0.626. The van der Waals surface area contributed by atoms with Gasteiger partial charge in [-0.2, -0.15) is 5.10 Å². The predicted octanol–water partition coefficient (Wildman–Crippen LogP) is 2.79. The molecule has 1 atom stereocenters. The molecule has 164 valence electrons. The number of carbonyl (C=O) groups excluding carboxylic acids is 1. The fraction of sp³-hybridized carbons (Fsp3) is 0.500. The third-order valence-corrected chi connectivity index (χ3v) is 5.60. The Bertz CT molecular complexity index is 1110. The van der Waals surface area contributed by atoms with Crippen molar-refractivity contribution >= 4 is 17.2 Å². The van der Waals surface area contributed by atoms with Gasteiger partial charge in [0, 0.05) is 31.3 Å². The predicted molar refractivity (Wildman–Crippen MR) is 114 cm³/mol. The Hall–Kier alpha value is -2.91. The number of carbonyl (C=O) groups is 1. The van der Waals surface area contributed by atoms with Gasteiger partial charge in [0.15, 0.2) is 5.82 Å². The van der Waals surface area contributed by atoms with Crippen molar-refractivity contribution in [2.45, 2.75) is 45.3 Å². The molecule has 0 spiro atoms. The first kappa shape index (κ1) is 20.0. The second-order valence-corrected chi connectivity index (χ2v) is 8.94. The van der Waals surface area contributed by atoms with Gasteiger partial charge in [0.1, 0.15) is 18.5 Å². The Labute approximate surface area is 180 Å². The molecule has 0 radical (unpaired) electrons. The van der Waals surface area contributed by atoms with Crippen LogP contribution in [0.15, 0.2) is 28.9 Å². The smallest absolute Gasteiger partial charge is 0.262 e. The van der Waals surface area contributed by atoms with E-state index in [0.717, 1.165) is 42.6 Å². The first-order valence-electron chi connectivity index (χ1n) is 10.7.